The second-order valence-electron chi connectivity index (χ2n) is 5.15. The van der Waals surface area contributed by atoms with E-state index in [4.69, 9.17) is 4.42 Å². The monoisotopic (exact) mass is 336 g/mol. The molecule has 0 unspecified atom stereocenters. The first-order valence-electron chi connectivity index (χ1n) is 7.71. The van der Waals surface area contributed by atoms with Crippen molar-refractivity contribution >= 4 is 11.8 Å². The minimum Gasteiger partial charge on any atom is -0.459 e. The fourth-order valence-electron chi connectivity index (χ4n) is 2.13. The third-order valence-corrected chi connectivity index (χ3v) is 3.39. The van der Waals surface area contributed by atoms with E-state index in [-0.39, 0.29) is 30.7 Å². The number of nitrogens with zero attached hydrogens (tertiary/aromatic N) is 2. The average molecular weight is 336 g/mol. The van der Waals surface area contributed by atoms with Gasteiger partial charge in [0.15, 0.2) is 11.6 Å². The van der Waals surface area contributed by atoms with E-state index in [1.54, 1.807) is 12.1 Å². The lowest BCUT2D eigenvalue weighted by Gasteiger charge is -2.06. The molecule has 0 atom stereocenters. The normalized spacial score (nSPS) is 10.2. The highest BCUT2D eigenvalue weighted by Crippen LogP contribution is 2.13. The molecule has 25 heavy (non-hydrogen) atoms. The molecule has 3 rings (SSSR count). The Balaban J connectivity index is 1.47. The summed E-state index contributed by atoms with van der Waals surface area (Å²) in [5.74, 6) is 0.167. The zero-order valence-corrected chi connectivity index (χ0v) is 13.3. The molecule has 1 aromatic carbocycles. The number of furan rings is 1. The Kier molecular flexibility index (Phi) is 5.16. The van der Waals surface area contributed by atoms with Crippen LogP contribution in [0.2, 0.25) is 0 Å². The number of carbonyl (C=O) groups excluding carboxylic acids is 2. The van der Waals surface area contributed by atoms with Crippen LogP contribution in [0.15, 0.2) is 65.5 Å². The Morgan fingerprint density at radius 1 is 0.880 bits per heavy atom. The summed E-state index contributed by atoms with van der Waals surface area (Å²) < 4.78 is 4.97. The lowest BCUT2D eigenvalue weighted by molar-refractivity contribution is 0.0910. The standard InChI is InChI=1S/C18H16N4O3/c23-17(19-8-9-20-18(24)15-7-4-10-25-15)14-11-21-16(22-12-14)13-5-2-1-3-6-13/h1-7,10-12H,8-9H2,(H,19,23)(H,20,24). The van der Waals surface area contributed by atoms with Crippen molar-refractivity contribution in [3.05, 3.63) is 72.4 Å². The van der Waals surface area contributed by atoms with Gasteiger partial charge in [-0.25, -0.2) is 9.97 Å². The molecule has 2 amide bonds. The third kappa shape index (κ3) is 4.29. The van der Waals surface area contributed by atoms with Gasteiger partial charge in [-0.1, -0.05) is 30.3 Å². The smallest absolute Gasteiger partial charge is 0.287 e. The van der Waals surface area contributed by atoms with Gasteiger partial charge in [-0.05, 0) is 12.1 Å². The molecule has 0 radical (unpaired) electrons. The van der Waals surface area contributed by atoms with E-state index in [2.05, 4.69) is 20.6 Å². The van der Waals surface area contributed by atoms with Crippen LogP contribution in [-0.4, -0.2) is 34.9 Å². The molecule has 2 N–H and O–H groups in total. The van der Waals surface area contributed by atoms with Gasteiger partial charge in [0.2, 0.25) is 0 Å². The van der Waals surface area contributed by atoms with Crippen LogP contribution in [0.4, 0.5) is 0 Å². The Bertz CT molecular complexity index is 831. The summed E-state index contributed by atoms with van der Waals surface area (Å²) >= 11 is 0. The van der Waals surface area contributed by atoms with Gasteiger partial charge < -0.3 is 15.1 Å². The largest absolute Gasteiger partial charge is 0.459 e. The van der Waals surface area contributed by atoms with Crippen LogP contribution >= 0.6 is 0 Å². The topological polar surface area (TPSA) is 97.1 Å². The number of hydrogen-bond donors (Lipinski definition) is 2. The molecule has 7 heteroatoms. The van der Waals surface area contributed by atoms with Gasteiger partial charge in [0.05, 0.1) is 11.8 Å². The van der Waals surface area contributed by atoms with E-state index >= 15 is 0 Å². The summed E-state index contributed by atoms with van der Waals surface area (Å²) in [7, 11) is 0. The third-order valence-electron chi connectivity index (χ3n) is 3.39. The predicted molar refractivity (Wildman–Crippen MR) is 90.8 cm³/mol. The lowest BCUT2D eigenvalue weighted by Crippen LogP contribution is -2.34. The van der Waals surface area contributed by atoms with Crippen molar-refractivity contribution in [2.75, 3.05) is 13.1 Å². The molecule has 0 bridgehead atoms. The molecular weight excluding hydrogens is 320 g/mol. The minimum atomic E-state index is -0.324. The highest BCUT2D eigenvalue weighted by molar-refractivity contribution is 5.94. The van der Waals surface area contributed by atoms with Gasteiger partial charge in [-0.2, -0.15) is 0 Å². The summed E-state index contributed by atoms with van der Waals surface area (Å²) in [4.78, 5) is 32.1. The number of hydrogen-bond acceptors (Lipinski definition) is 5. The number of nitrogens with one attached hydrogen (secondary N) is 2. The van der Waals surface area contributed by atoms with E-state index in [9.17, 15) is 9.59 Å². The molecule has 126 valence electrons. The first-order valence-corrected chi connectivity index (χ1v) is 7.71. The van der Waals surface area contributed by atoms with E-state index in [0.717, 1.165) is 5.56 Å². The van der Waals surface area contributed by atoms with E-state index in [1.165, 1.54) is 18.7 Å². The molecule has 0 aliphatic carbocycles. The Morgan fingerprint density at radius 2 is 1.56 bits per heavy atom. The highest BCUT2D eigenvalue weighted by atomic mass is 16.3. The summed E-state index contributed by atoms with van der Waals surface area (Å²) in [5.41, 5.74) is 1.24. The molecule has 0 saturated heterocycles. The van der Waals surface area contributed by atoms with Crippen LogP contribution in [-0.2, 0) is 0 Å². The summed E-state index contributed by atoms with van der Waals surface area (Å²) in [5, 5.41) is 5.34. The van der Waals surface area contributed by atoms with E-state index in [1.807, 2.05) is 30.3 Å². The maximum atomic E-state index is 12.0. The fraction of sp³-hybridized carbons (Fsp3) is 0.111. The average Bonchev–Trinajstić information content (AvgIpc) is 3.21. The van der Waals surface area contributed by atoms with Gasteiger partial charge in [-0.15, -0.1) is 0 Å². The van der Waals surface area contributed by atoms with Gasteiger partial charge in [-0.3, -0.25) is 9.59 Å². The first kappa shape index (κ1) is 16.4. The van der Waals surface area contributed by atoms with Gasteiger partial charge in [0.25, 0.3) is 11.8 Å². The Morgan fingerprint density at radius 3 is 2.20 bits per heavy atom. The van der Waals surface area contributed by atoms with Crippen molar-refractivity contribution in [2.24, 2.45) is 0 Å². The molecular formula is C18H16N4O3. The molecule has 7 nitrogen and oxygen atoms in total. The SMILES string of the molecule is O=C(NCCNC(=O)c1ccco1)c1cnc(-c2ccccc2)nc1. The zero-order valence-electron chi connectivity index (χ0n) is 13.3. The van der Waals surface area contributed by atoms with Crippen LogP contribution in [0.1, 0.15) is 20.9 Å². The molecule has 0 aliphatic rings. The predicted octanol–water partition coefficient (Wildman–Crippen LogP) is 1.90. The maximum Gasteiger partial charge on any atom is 0.287 e. The number of benzene rings is 1. The second-order valence-corrected chi connectivity index (χ2v) is 5.15. The van der Waals surface area contributed by atoms with E-state index in [0.29, 0.717) is 11.4 Å². The van der Waals surface area contributed by atoms with Crippen LogP contribution in [0.3, 0.4) is 0 Å². The van der Waals surface area contributed by atoms with Crippen molar-refractivity contribution in [3.8, 4) is 11.4 Å². The van der Waals surface area contributed by atoms with Crippen molar-refractivity contribution in [1.29, 1.82) is 0 Å². The molecule has 0 fully saturated rings. The van der Waals surface area contributed by atoms with Crippen molar-refractivity contribution in [2.45, 2.75) is 0 Å². The number of carbonyl (C=O) groups is 2. The van der Waals surface area contributed by atoms with Crippen molar-refractivity contribution in [1.82, 2.24) is 20.6 Å². The quantitative estimate of drug-likeness (QED) is 0.670. The lowest BCUT2D eigenvalue weighted by atomic mass is 10.2. The molecule has 2 aromatic heterocycles. The zero-order chi connectivity index (χ0) is 17.5. The van der Waals surface area contributed by atoms with Crippen LogP contribution in [0.25, 0.3) is 11.4 Å². The fourth-order valence-corrected chi connectivity index (χ4v) is 2.13. The number of aromatic nitrogens is 2. The van der Waals surface area contributed by atoms with Crippen molar-refractivity contribution in [3.63, 3.8) is 0 Å². The van der Waals surface area contributed by atoms with Crippen molar-refractivity contribution < 1.29 is 14.0 Å². The first-order chi connectivity index (χ1) is 12.2. The van der Waals surface area contributed by atoms with E-state index < -0.39 is 0 Å². The molecule has 3 aromatic rings. The Labute approximate surface area is 144 Å². The van der Waals surface area contributed by atoms with Gasteiger partial charge in [0.1, 0.15) is 0 Å². The summed E-state index contributed by atoms with van der Waals surface area (Å²) in [6.45, 7) is 0.569. The maximum absolute atomic E-state index is 12.0. The highest BCUT2D eigenvalue weighted by Gasteiger charge is 2.09. The van der Waals surface area contributed by atoms with Gasteiger partial charge in [0, 0.05) is 31.0 Å². The molecule has 0 spiro atoms. The van der Waals surface area contributed by atoms with Crippen LogP contribution in [0.5, 0.6) is 0 Å². The number of amides is 2. The van der Waals surface area contributed by atoms with Crippen LogP contribution in [0, 0.1) is 0 Å². The van der Waals surface area contributed by atoms with Crippen LogP contribution < -0.4 is 10.6 Å². The summed E-state index contributed by atoms with van der Waals surface area (Å²) in [6.07, 6.45) is 4.38. The minimum absolute atomic E-state index is 0.233. The Hall–Kier alpha value is -3.48. The van der Waals surface area contributed by atoms with Gasteiger partial charge >= 0.3 is 0 Å². The molecule has 0 saturated carbocycles. The number of rotatable bonds is 6. The summed E-state index contributed by atoms with van der Waals surface area (Å²) in [6, 6.07) is 12.7. The molecule has 0 aliphatic heterocycles. The molecule has 2 heterocycles. The second kappa shape index (κ2) is 7.87.